The van der Waals surface area contributed by atoms with Gasteiger partial charge in [-0.25, -0.2) is 13.8 Å². The van der Waals surface area contributed by atoms with Gasteiger partial charge < -0.3 is 9.88 Å². The van der Waals surface area contributed by atoms with E-state index in [1.165, 1.54) is 12.1 Å². The molecule has 0 saturated heterocycles. The monoisotopic (exact) mass is 293 g/mol. The Bertz CT molecular complexity index is 560. The van der Waals surface area contributed by atoms with Crippen molar-refractivity contribution < 1.29 is 8.78 Å². The van der Waals surface area contributed by atoms with Crippen molar-refractivity contribution in [2.45, 2.75) is 39.3 Å². The lowest BCUT2D eigenvalue weighted by Crippen LogP contribution is -2.26. The summed E-state index contributed by atoms with van der Waals surface area (Å²) in [7, 11) is 0. The normalized spacial score (nSPS) is 12.6. The number of benzene rings is 1. The van der Waals surface area contributed by atoms with E-state index in [-0.39, 0.29) is 6.04 Å². The second-order valence-corrected chi connectivity index (χ2v) is 5.07. The predicted molar refractivity (Wildman–Crippen MR) is 79.0 cm³/mol. The maximum Gasteiger partial charge on any atom is 0.130 e. The predicted octanol–water partition coefficient (Wildman–Crippen LogP) is 3.66. The summed E-state index contributed by atoms with van der Waals surface area (Å²) in [6.45, 7) is 5.72. The highest BCUT2D eigenvalue weighted by molar-refractivity contribution is 5.27. The van der Waals surface area contributed by atoms with E-state index in [9.17, 15) is 8.78 Å². The number of hydrogen-bond acceptors (Lipinski definition) is 2. The third kappa shape index (κ3) is 3.88. The van der Waals surface area contributed by atoms with E-state index >= 15 is 0 Å². The van der Waals surface area contributed by atoms with Crippen LogP contribution in [0, 0.1) is 11.6 Å². The highest BCUT2D eigenvalue weighted by Crippen LogP contribution is 2.23. The van der Waals surface area contributed by atoms with E-state index in [0.717, 1.165) is 37.8 Å². The second-order valence-electron chi connectivity index (χ2n) is 5.07. The van der Waals surface area contributed by atoms with Crippen molar-refractivity contribution >= 4 is 0 Å². The van der Waals surface area contributed by atoms with Crippen molar-refractivity contribution in [1.82, 2.24) is 14.9 Å². The van der Waals surface area contributed by atoms with Gasteiger partial charge in [0.1, 0.15) is 17.5 Å². The molecule has 0 aliphatic heterocycles. The van der Waals surface area contributed by atoms with E-state index in [4.69, 9.17) is 0 Å². The van der Waals surface area contributed by atoms with E-state index in [2.05, 4.69) is 24.1 Å². The number of hydrogen-bond donors (Lipinski definition) is 1. The maximum atomic E-state index is 13.5. The summed E-state index contributed by atoms with van der Waals surface area (Å²) < 4.78 is 29.0. The fraction of sp³-hybridized carbons (Fsp3) is 0.438. The van der Waals surface area contributed by atoms with E-state index in [1.807, 2.05) is 10.8 Å². The molecule has 1 atom stereocenters. The molecule has 5 heteroatoms. The lowest BCUT2D eigenvalue weighted by Gasteiger charge is -2.20. The average molecular weight is 293 g/mol. The molecule has 2 aromatic rings. The number of aryl methyl sites for hydroxylation is 1. The van der Waals surface area contributed by atoms with Gasteiger partial charge in [0.05, 0.1) is 6.04 Å². The van der Waals surface area contributed by atoms with Gasteiger partial charge >= 0.3 is 0 Å². The molecule has 1 aromatic heterocycles. The first-order chi connectivity index (χ1) is 10.2. The summed E-state index contributed by atoms with van der Waals surface area (Å²) in [5.41, 5.74) is 0.560. The van der Waals surface area contributed by atoms with Crippen LogP contribution in [0.5, 0.6) is 0 Å². The molecule has 0 saturated carbocycles. The lowest BCUT2D eigenvalue weighted by atomic mass is 10.1. The minimum absolute atomic E-state index is 0.309. The van der Waals surface area contributed by atoms with Crippen molar-refractivity contribution in [3.8, 4) is 0 Å². The molecule has 0 aliphatic rings. The van der Waals surface area contributed by atoms with Crippen LogP contribution < -0.4 is 5.32 Å². The van der Waals surface area contributed by atoms with Gasteiger partial charge in [0.2, 0.25) is 0 Å². The SMILES string of the molecule is CCCNC(c1cc(F)cc(F)c1)c1nccn1CCC. The summed E-state index contributed by atoms with van der Waals surface area (Å²) in [5, 5.41) is 3.32. The van der Waals surface area contributed by atoms with Crippen LogP contribution in [0.2, 0.25) is 0 Å². The Morgan fingerprint density at radius 2 is 1.86 bits per heavy atom. The molecular weight excluding hydrogens is 272 g/mol. The lowest BCUT2D eigenvalue weighted by molar-refractivity contribution is 0.519. The van der Waals surface area contributed by atoms with E-state index in [0.29, 0.717) is 5.56 Å². The van der Waals surface area contributed by atoms with Crippen LogP contribution in [0.4, 0.5) is 8.78 Å². The van der Waals surface area contributed by atoms with Crippen molar-refractivity contribution in [2.24, 2.45) is 0 Å². The van der Waals surface area contributed by atoms with Crippen molar-refractivity contribution in [3.05, 3.63) is 53.6 Å². The van der Waals surface area contributed by atoms with Gasteiger partial charge in [0, 0.05) is 25.0 Å². The van der Waals surface area contributed by atoms with E-state index in [1.54, 1.807) is 6.20 Å². The Hall–Kier alpha value is -1.75. The number of nitrogens with one attached hydrogen (secondary N) is 1. The molecule has 114 valence electrons. The minimum atomic E-state index is -0.568. The first-order valence-corrected chi connectivity index (χ1v) is 7.36. The smallest absolute Gasteiger partial charge is 0.130 e. The van der Waals surface area contributed by atoms with Crippen LogP contribution in [0.15, 0.2) is 30.6 Å². The molecule has 2 rings (SSSR count). The zero-order valence-corrected chi connectivity index (χ0v) is 12.4. The van der Waals surface area contributed by atoms with Crippen LogP contribution in [0.3, 0.4) is 0 Å². The van der Waals surface area contributed by atoms with Crippen molar-refractivity contribution in [1.29, 1.82) is 0 Å². The molecular formula is C16H21F2N3. The fourth-order valence-corrected chi connectivity index (χ4v) is 2.40. The number of nitrogens with zero attached hydrogens (tertiary/aromatic N) is 2. The Labute approximate surface area is 124 Å². The largest absolute Gasteiger partial charge is 0.333 e. The average Bonchev–Trinajstić information content (AvgIpc) is 2.87. The summed E-state index contributed by atoms with van der Waals surface area (Å²) in [6, 6.07) is 3.30. The molecule has 1 aromatic carbocycles. The van der Waals surface area contributed by atoms with Gasteiger partial charge in [0.15, 0.2) is 0 Å². The van der Waals surface area contributed by atoms with Gasteiger partial charge in [-0.05, 0) is 37.1 Å². The number of rotatable bonds is 7. The Balaban J connectivity index is 2.39. The molecule has 21 heavy (non-hydrogen) atoms. The summed E-state index contributed by atoms with van der Waals surface area (Å²) in [6.07, 6.45) is 5.53. The summed E-state index contributed by atoms with van der Waals surface area (Å²) in [5.74, 6) is -0.348. The molecule has 0 amide bonds. The van der Waals surface area contributed by atoms with Gasteiger partial charge in [-0.15, -0.1) is 0 Å². The number of halogens is 2. The molecule has 1 unspecified atom stereocenters. The van der Waals surface area contributed by atoms with Crippen LogP contribution in [-0.2, 0) is 6.54 Å². The fourth-order valence-electron chi connectivity index (χ4n) is 2.40. The van der Waals surface area contributed by atoms with Gasteiger partial charge in [-0.2, -0.15) is 0 Å². The Morgan fingerprint density at radius 1 is 1.14 bits per heavy atom. The zero-order valence-electron chi connectivity index (χ0n) is 12.4. The third-order valence-electron chi connectivity index (χ3n) is 3.29. The molecule has 1 N–H and O–H groups in total. The maximum absolute atomic E-state index is 13.5. The highest BCUT2D eigenvalue weighted by Gasteiger charge is 2.19. The Kier molecular flexibility index (Phi) is 5.44. The standard InChI is InChI=1S/C16H21F2N3/c1-3-5-19-15(12-9-13(17)11-14(18)10-12)16-20-6-8-21(16)7-4-2/h6,8-11,15,19H,3-5,7H2,1-2H3. The number of aromatic nitrogens is 2. The quantitative estimate of drug-likeness (QED) is 0.844. The van der Waals surface area contributed by atoms with Crippen LogP contribution in [-0.4, -0.2) is 16.1 Å². The molecule has 0 bridgehead atoms. The first kappa shape index (κ1) is 15.6. The molecule has 0 fully saturated rings. The topological polar surface area (TPSA) is 29.9 Å². The van der Waals surface area contributed by atoms with Crippen molar-refractivity contribution in [3.63, 3.8) is 0 Å². The molecule has 0 radical (unpaired) electrons. The zero-order chi connectivity index (χ0) is 15.2. The van der Waals surface area contributed by atoms with Crippen LogP contribution >= 0.6 is 0 Å². The first-order valence-electron chi connectivity index (χ1n) is 7.36. The Morgan fingerprint density at radius 3 is 2.48 bits per heavy atom. The van der Waals surface area contributed by atoms with Crippen LogP contribution in [0.25, 0.3) is 0 Å². The van der Waals surface area contributed by atoms with Crippen LogP contribution in [0.1, 0.15) is 44.1 Å². The van der Waals surface area contributed by atoms with Gasteiger partial charge in [-0.1, -0.05) is 13.8 Å². The molecule has 0 spiro atoms. The highest BCUT2D eigenvalue weighted by atomic mass is 19.1. The minimum Gasteiger partial charge on any atom is -0.333 e. The molecule has 0 aliphatic carbocycles. The van der Waals surface area contributed by atoms with E-state index < -0.39 is 11.6 Å². The molecule has 3 nitrogen and oxygen atoms in total. The van der Waals surface area contributed by atoms with Gasteiger partial charge in [-0.3, -0.25) is 0 Å². The molecule has 1 heterocycles. The van der Waals surface area contributed by atoms with Crippen molar-refractivity contribution in [2.75, 3.05) is 6.54 Å². The third-order valence-corrected chi connectivity index (χ3v) is 3.29. The second kappa shape index (κ2) is 7.31. The summed E-state index contributed by atoms with van der Waals surface area (Å²) in [4.78, 5) is 4.38. The van der Waals surface area contributed by atoms with Gasteiger partial charge in [0.25, 0.3) is 0 Å². The summed E-state index contributed by atoms with van der Waals surface area (Å²) >= 11 is 0. The number of imidazole rings is 1.